The van der Waals surface area contributed by atoms with Crippen molar-refractivity contribution in [2.24, 2.45) is 5.41 Å². The molecular formula is C14H21NO3S. The average molecular weight is 283 g/mol. The van der Waals surface area contributed by atoms with E-state index in [2.05, 4.69) is 0 Å². The molecule has 0 bridgehead atoms. The summed E-state index contributed by atoms with van der Waals surface area (Å²) >= 11 is 0. The van der Waals surface area contributed by atoms with E-state index in [0.717, 1.165) is 0 Å². The topological polar surface area (TPSA) is 57.6 Å². The zero-order valence-corrected chi connectivity index (χ0v) is 12.4. The van der Waals surface area contributed by atoms with E-state index >= 15 is 0 Å². The number of hydrogen-bond donors (Lipinski definition) is 1. The maximum absolute atomic E-state index is 12.5. The van der Waals surface area contributed by atoms with Crippen LogP contribution in [0.1, 0.15) is 38.9 Å². The Morgan fingerprint density at radius 3 is 2.58 bits per heavy atom. The quantitative estimate of drug-likeness (QED) is 0.906. The molecule has 0 aliphatic carbocycles. The van der Waals surface area contributed by atoms with E-state index in [9.17, 15) is 13.5 Å². The normalized spacial score (nSPS) is 20.2. The third kappa shape index (κ3) is 3.09. The molecule has 1 atom stereocenters. The second-order valence-electron chi connectivity index (χ2n) is 6.25. The minimum Gasteiger partial charge on any atom is -0.388 e. The highest BCUT2D eigenvalue weighted by atomic mass is 32.2. The predicted octanol–water partition coefficient (Wildman–Crippen LogP) is 2.31. The molecule has 0 saturated heterocycles. The van der Waals surface area contributed by atoms with Crippen molar-refractivity contribution < 1.29 is 13.5 Å². The molecular weight excluding hydrogens is 262 g/mol. The Kier molecular flexibility index (Phi) is 3.62. The van der Waals surface area contributed by atoms with Crippen molar-refractivity contribution in [3.8, 4) is 0 Å². The molecule has 1 aromatic carbocycles. The van der Waals surface area contributed by atoms with Crippen LogP contribution in [0, 0.1) is 5.41 Å². The Morgan fingerprint density at radius 2 is 1.95 bits per heavy atom. The van der Waals surface area contributed by atoms with Crippen molar-refractivity contribution in [1.82, 2.24) is 0 Å². The van der Waals surface area contributed by atoms with Gasteiger partial charge in [-0.15, -0.1) is 0 Å². The highest BCUT2D eigenvalue weighted by molar-refractivity contribution is 7.92. The number of benzene rings is 1. The molecule has 1 aliphatic heterocycles. The van der Waals surface area contributed by atoms with Crippen LogP contribution >= 0.6 is 0 Å². The van der Waals surface area contributed by atoms with Crippen LogP contribution in [0.2, 0.25) is 0 Å². The highest BCUT2D eigenvalue weighted by Gasteiger charge is 2.33. The SMILES string of the molecule is CC(C)(C)CS(=O)(=O)N1CCC(O)c2ccccc21. The van der Waals surface area contributed by atoms with Crippen molar-refractivity contribution >= 4 is 15.7 Å². The number of sulfonamides is 1. The molecule has 1 aromatic rings. The van der Waals surface area contributed by atoms with Crippen LogP contribution in [0.4, 0.5) is 5.69 Å². The summed E-state index contributed by atoms with van der Waals surface area (Å²) < 4.78 is 26.5. The summed E-state index contributed by atoms with van der Waals surface area (Å²) in [6.45, 7) is 6.08. The van der Waals surface area contributed by atoms with Crippen LogP contribution in [0.15, 0.2) is 24.3 Å². The summed E-state index contributed by atoms with van der Waals surface area (Å²) in [5.41, 5.74) is 1.03. The van der Waals surface area contributed by atoms with E-state index in [-0.39, 0.29) is 11.2 Å². The van der Waals surface area contributed by atoms with Crippen molar-refractivity contribution in [3.05, 3.63) is 29.8 Å². The monoisotopic (exact) mass is 283 g/mol. The molecule has 4 nitrogen and oxygen atoms in total. The molecule has 0 aromatic heterocycles. The van der Waals surface area contributed by atoms with E-state index in [1.54, 1.807) is 18.2 Å². The standard InChI is InChI=1S/C14H21NO3S/c1-14(2,3)10-19(17,18)15-9-8-13(16)11-6-4-5-7-12(11)15/h4-7,13,16H,8-10H2,1-3H3. The molecule has 106 valence electrons. The summed E-state index contributed by atoms with van der Waals surface area (Å²) in [5.74, 6) is 0.102. The van der Waals surface area contributed by atoms with E-state index in [0.29, 0.717) is 24.2 Å². The lowest BCUT2D eigenvalue weighted by Crippen LogP contribution is -2.40. The number of aliphatic hydroxyl groups is 1. The van der Waals surface area contributed by atoms with Crippen LogP contribution in [-0.2, 0) is 10.0 Å². The van der Waals surface area contributed by atoms with Gasteiger partial charge >= 0.3 is 0 Å². The zero-order valence-electron chi connectivity index (χ0n) is 11.6. The first-order chi connectivity index (χ1) is 8.71. The molecule has 19 heavy (non-hydrogen) atoms. The largest absolute Gasteiger partial charge is 0.388 e. The van der Waals surface area contributed by atoms with Gasteiger partial charge in [-0.2, -0.15) is 0 Å². The smallest absolute Gasteiger partial charge is 0.235 e. The predicted molar refractivity (Wildman–Crippen MR) is 76.6 cm³/mol. The molecule has 1 N–H and O–H groups in total. The summed E-state index contributed by atoms with van der Waals surface area (Å²) in [6.07, 6.45) is -0.127. The van der Waals surface area contributed by atoms with Crippen molar-refractivity contribution in [2.75, 3.05) is 16.6 Å². The second-order valence-corrected chi connectivity index (χ2v) is 8.15. The Balaban J connectivity index is 2.40. The van der Waals surface area contributed by atoms with Gasteiger partial charge in [0.05, 0.1) is 17.5 Å². The summed E-state index contributed by atoms with van der Waals surface area (Å²) in [6, 6.07) is 7.18. The third-order valence-electron chi connectivity index (χ3n) is 3.12. The van der Waals surface area contributed by atoms with Crippen molar-refractivity contribution in [3.63, 3.8) is 0 Å². The average Bonchev–Trinajstić information content (AvgIpc) is 2.26. The van der Waals surface area contributed by atoms with Gasteiger partial charge in [0.25, 0.3) is 0 Å². The Labute approximate surface area is 115 Å². The summed E-state index contributed by atoms with van der Waals surface area (Å²) in [7, 11) is -3.36. The summed E-state index contributed by atoms with van der Waals surface area (Å²) in [4.78, 5) is 0. The number of anilines is 1. The zero-order chi connectivity index (χ0) is 14.3. The maximum Gasteiger partial charge on any atom is 0.235 e. The second kappa shape index (κ2) is 4.80. The van der Waals surface area contributed by atoms with Gasteiger partial charge in [0.2, 0.25) is 10.0 Å². The molecule has 1 unspecified atom stereocenters. The summed E-state index contributed by atoms with van der Waals surface area (Å²) in [5, 5.41) is 9.96. The number of fused-ring (bicyclic) bond motifs is 1. The van der Waals surface area contributed by atoms with Gasteiger partial charge < -0.3 is 5.11 Å². The van der Waals surface area contributed by atoms with Crippen LogP contribution in [0.25, 0.3) is 0 Å². The first-order valence-corrected chi connectivity index (χ1v) is 8.09. The Morgan fingerprint density at radius 1 is 1.32 bits per heavy atom. The molecule has 5 heteroatoms. The minimum absolute atomic E-state index is 0.102. The molecule has 1 heterocycles. The van der Waals surface area contributed by atoms with Gasteiger partial charge in [0.15, 0.2) is 0 Å². The van der Waals surface area contributed by atoms with Gasteiger partial charge in [-0.25, -0.2) is 8.42 Å². The molecule has 0 radical (unpaired) electrons. The lowest BCUT2D eigenvalue weighted by molar-refractivity contribution is 0.166. The highest BCUT2D eigenvalue weighted by Crippen LogP contribution is 2.36. The van der Waals surface area contributed by atoms with Gasteiger partial charge in [-0.1, -0.05) is 39.0 Å². The van der Waals surface area contributed by atoms with Crippen molar-refractivity contribution in [1.29, 1.82) is 0 Å². The van der Waals surface area contributed by atoms with E-state index in [4.69, 9.17) is 0 Å². The fourth-order valence-corrected chi connectivity index (χ4v) is 4.53. The lowest BCUT2D eigenvalue weighted by Gasteiger charge is -2.34. The first kappa shape index (κ1) is 14.3. The minimum atomic E-state index is -3.36. The van der Waals surface area contributed by atoms with Gasteiger partial charge in [0.1, 0.15) is 0 Å². The number of hydrogen-bond acceptors (Lipinski definition) is 3. The molecule has 1 aliphatic rings. The molecule has 0 spiro atoms. The molecule has 0 fully saturated rings. The van der Waals surface area contributed by atoms with Crippen LogP contribution < -0.4 is 4.31 Å². The fraction of sp³-hybridized carbons (Fsp3) is 0.571. The van der Waals surface area contributed by atoms with Gasteiger partial charge in [-0.05, 0) is 17.9 Å². The lowest BCUT2D eigenvalue weighted by atomic mass is 10.0. The molecule has 2 rings (SSSR count). The van der Waals surface area contributed by atoms with E-state index in [1.807, 2.05) is 26.8 Å². The van der Waals surface area contributed by atoms with Gasteiger partial charge in [-0.3, -0.25) is 4.31 Å². The molecule has 0 saturated carbocycles. The number of nitrogens with zero attached hydrogens (tertiary/aromatic N) is 1. The Bertz CT molecular complexity index is 560. The third-order valence-corrected chi connectivity index (χ3v) is 5.40. The maximum atomic E-state index is 12.5. The number of rotatable bonds is 2. The van der Waals surface area contributed by atoms with Crippen LogP contribution in [0.5, 0.6) is 0 Å². The Hall–Kier alpha value is -1.07. The van der Waals surface area contributed by atoms with E-state index < -0.39 is 16.1 Å². The fourth-order valence-electron chi connectivity index (χ4n) is 2.43. The first-order valence-electron chi connectivity index (χ1n) is 6.48. The van der Waals surface area contributed by atoms with Crippen LogP contribution in [-0.4, -0.2) is 25.8 Å². The number of aliphatic hydroxyl groups excluding tert-OH is 1. The van der Waals surface area contributed by atoms with E-state index in [1.165, 1.54) is 4.31 Å². The van der Waals surface area contributed by atoms with Crippen LogP contribution in [0.3, 0.4) is 0 Å². The van der Waals surface area contributed by atoms with Crippen molar-refractivity contribution in [2.45, 2.75) is 33.3 Å². The molecule has 0 amide bonds. The number of para-hydroxylation sites is 1. The van der Waals surface area contributed by atoms with Gasteiger partial charge in [0, 0.05) is 12.1 Å².